The van der Waals surface area contributed by atoms with Gasteiger partial charge in [-0.3, -0.25) is 10.1 Å². The first-order valence-electron chi connectivity index (χ1n) is 6.71. The molecule has 0 bridgehead atoms. The van der Waals surface area contributed by atoms with E-state index >= 15 is 0 Å². The maximum absolute atomic E-state index is 12.3. The Balaban J connectivity index is 2.24. The fourth-order valence-corrected chi connectivity index (χ4v) is 1.97. The van der Waals surface area contributed by atoms with Gasteiger partial charge in [-0.1, -0.05) is 12.1 Å². The fourth-order valence-electron chi connectivity index (χ4n) is 1.97. The normalized spacial score (nSPS) is 10.5. The maximum Gasteiger partial charge on any atom is 0.261 e. The summed E-state index contributed by atoms with van der Waals surface area (Å²) in [4.78, 5) is 22.5. The maximum atomic E-state index is 12.3. The molecule has 0 aromatic carbocycles. The van der Waals surface area contributed by atoms with Crippen LogP contribution in [0.1, 0.15) is 34.2 Å². The van der Waals surface area contributed by atoms with Crippen molar-refractivity contribution in [1.82, 2.24) is 15.1 Å². The second-order valence-corrected chi connectivity index (χ2v) is 4.95. The third-order valence-corrected chi connectivity index (χ3v) is 3.18. The monoisotopic (exact) mass is 289 g/mol. The molecule has 0 radical (unpaired) electrons. The zero-order chi connectivity index (χ0) is 15.6. The van der Waals surface area contributed by atoms with E-state index < -0.39 is 0 Å². The first kappa shape index (κ1) is 15.0. The van der Waals surface area contributed by atoms with Crippen LogP contribution < -0.4 is 10.2 Å². The number of aromatic nitrogens is 3. The van der Waals surface area contributed by atoms with Crippen molar-refractivity contribution in [2.45, 2.75) is 27.2 Å². The molecule has 2 aromatic heterocycles. The summed E-state index contributed by atoms with van der Waals surface area (Å²) in [6, 6.07) is 0. The SMILES string of the molecule is CCc1c(C)noc1NC(=O)c1cnc(N(C)C)nc1C. The van der Waals surface area contributed by atoms with E-state index in [1.54, 1.807) is 11.8 Å². The molecule has 0 fully saturated rings. The number of carbonyl (C=O) groups excluding carboxylic acids is 1. The molecule has 2 aromatic rings. The lowest BCUT2D eigenvalue weighted by Gasteiger charge is -2.12. The predicted octanol–water partition coefficient (Wildman–Crippen LogP) is 1.96. The zero-order valence-corrected chi connectivity index (χ0v) is 12.9. The minimum atomic E-state index is -0.302. The molecule has 2 heterocycles. The Morgan fingerprint density at radius 3 is 2.62 bits per heavy atom. The van der Waals surface area contributed by atoms with Gasteiger partial charge in [-0.25, -0.2) is 9.97 Å². The van der Waals surface area contributed by atoms with E-state index in [1.807, 2.05) is 27.9 Å². The number of hydrogen-bond donors (Lipinski definition) is 1. The Hall–Kier alpha value is -2.44. The first-order valence-corrected chi connectivity index (χ1v) is 6.71. The van der Waals surface area contributed by atoms with E-state index in [0.717, 1.165) is 17.7 Å². The van der Waals surface area contributed by atoms with Gasteiger partial charge in [0, 0.05) is 25.9 Å². The Labute approximate surface area is 123 Å². The van der Waals surface area contributed by atoms with E-state index in [1.165, 1.54) is 6.20 Å². The molecule has 7 nitrogen and oxygen atoms in total. The molecule has 0 unspecified atom stereocenters. The van der Waals surface area contributed by atoms with E-state index in [0.29, 0.717) is 23.1 Å². The average Bonchev–Trinajstić information content (AvgIpc) is 2.78. The molecular formula is C14H19N5O2. The molecule has 0 atom stereocenters. The number of amides is 1. The highest BCUT2D eigenvalue weighted by Gasteiger charge is 2.17. The quantitative estimate of drug-likeness (QED) is 0.926. The summed E-state index contributed by atoms with van der Waals surface area (Å²) in [5.41, 5.74) is 2.70. The zero-order valence-electron chi connectivity index (χ0n) is 12.9. The molecule has 0 spiro atoms. The fraction of sp³-hybridized carbons (Fsp3) is 0.429. The van der Waals surface area contributed by atoms with E-state index in [9.17, 15) is 4.79 Å². The third kappa shape index (κ3) is 3.01. The van der Waals surface area contributed by atoms with E-state index in [-0.39, 0.29) is 5.91 Å². The van der Waals surface area contributed by atoms with Gasteiger partial charge in [0.15, 0.2) is 0 Å². The van der Waals surface area contributed by atoms with Crippen LogP contribution in [0.15, 0.2) is 10.7 Å². The van der Waals surface area contributed by atoms with Crippen molar-refractivity contribution in [2.75, 3.05) is 24.3 Å². The van der Waals surface area contributed by atoms with Crippen LogP contribution in [-0.2, 0) is 6.42 Å². The smallest absolute Gasteiger partial charge is 0.261 e. The lowest BCUT2D eigenvalue weighted by molar-refractivity contribution is 0.102. The van der Waals surface area contributed by atoms with Crippen molar-refractivity contribution in [3.8, 4) is 0 Å². The first-order chi connectivity index (χ1) is 9.93. The van der Waals surface area contributed by atoms with Crippen LogP contribution >= 0.6 is 0 Å². The molecule has 2 rings (SSSR count). The van der Waals surface area contributed by atoms with Gasteiger partial charge < -0.3 is 9.42 Å². The van der Waals surface area contributed by atoms with Crippen molar-refractivity contribution < 1.29 is 9.32 Å². The summed E-state index contributed by atoms with van der Waals surface area (Å²) in [5, 5.41) is 6.59. The summed E-state index contributed by atoms with van der Waals surface area (Å²) < 4.78 is 5.15. The molecular weight excluding hydrogens is 270 g/mol. The molecule has 0 aliphatic heterocycles. The van der Waals surface area contributed by atoms with Gasteiger partial charge in [-0.15, -0.1) is 0 Å². The van der Waals surface area contributed by atoms with Crippen LogP contribution in [0.5, 0.6) is 0 Å². The van der Waals surface area contributed by atoms with Crippen molar-refractivity contribution in [3.63, 3.8) is 0 Å². The molecule has 0 saturated carbocycles. The van der Waals surface area contributed by atoms with Crippen LogP contribution in [0.4, 0.5) is 11.8 Å². The number of rotatable bonds is 4. The van der Waals surface area contributed by atoms with Crippen molar-refractivity contribution in [1.29, 1.82) is 0 Å². The van der Waals surface area contributed by atoms with E-state index in [2.05, 4.69) is 20.4 Å². The molecule has 1 amide bonds. The second kappa shape index (κ2) is 5.90. The van der Waals surface area contributed by atoms with Crippen LogP contribution in [0, 0.1) is 13.8 Å². The van der Waals surface area contributed by atoms with E-state index in [4.69, 9.17) is 4.52 Å². The number of carbonyl (C=O) groups is 1. The molecule has 0 aliphatic carbocycles. The molecule has 21 heavy (non-hydrogen) atoms. The van der Waals surface area contributed by atoms with Crippen LogP contribution in [-0.4, -0.2) is 35.1 Å². The Morgan fingerprint density at radius 2 is 2.05 bits per heavy atom. The van der Waals surface area contributed by atoms with Crippen LogP contribution in [0.25, 0.3) is 0 Å². The summed E-state index contributed by atoms with van der Waals surface area (Å²) in [6.07, 6.45) is 2.25. The summed E-state index contributed by atoms with van der Waals surface area (Å²) in [5.74, 6) is 0.647. The molecule has 112 valence electrons. The highest BCUT2D eigenvalue weighted by atomic mass is 16.5. The lowest BCUT2D eigenvalue weighted by Crippen LogP contribution is -2.18. The van der Waals surface area contributed by atoms with Crippen molar-refractivity contribution in [2.24, 2.45) is 0 Å². The Morgan fingerprint density at radius 1 is 1.33 bits per heavy atom. The average molecular weight is 289 g/mol. The lowest BCUT2D eigenvalue weighted by atomic mass is 10.2. The van der Waals surface area contributed by atoms with Gasteiger partial charge in [0.1, 0.15) is 0 Å². The van der Waals surface area contributed by atoms with Gasteiger partial charge in [0.2, 0.25) is 11.8 Å². The van der Waals surface area contributed by atoms with Gasteiger partial charge in [0.05, 0.1) is 17.0 Å². The van der Waals surface area contributed by atoms with Crippen LogP contribution in [0.3, 0.4) is 0 Å². The van der Waals surface area contributed by atoms with Gasteiger partial charge in [-0.05, 0) is 20.3 Å². The minimum absolute atomic E-state index is 0.302. The standard InChI is InChI=1S/C14H19N5O2/c1-6-10-9(3)18-21-13(10)17-12(20)11-7-15-14(19(4)5)16-8(11)2/h7H,6H2,1-5H3,(H,17,20). The number of anilines is 2. The highest BCUT2D eigenvalue weighted by molar-refractivity contribution is 6.04. The number of aryl methyl sites for hydroxylation is 2. The molecule has 0 aliphatic rings. The Kier molecular flexibility index (Phi) is 4.21. The largest absolute Gasteiger partial charge is 0.347 e. The van der Waals surface area contributed by atoms with Crippen molar-refractivity contribution in [3.05, 3.63) is 28.7 Å². The van der Waals surface area contributed by atoms with Crippen molar-refractivity contribution >= 4 is 17.7 Å². The van der Waals surface area contributed by atoms with Gasteiger partial charge in [-0.2, -0.15) is 0 Å². The second-order valence-electron chi connectivity index (χ2n) is 4.95. The summed E-state index contributed by atoms with van der Waals surface area (Å²) >= 11 is 0. The Bertz CT molecular complexity index is 663. The molecule has 0 saturated heterocycles. The van der Waals surface area contributed by atoms with Gasteiger partial charge >= 0.3 is 0 Å². The number of hydrogen-bond acceptors (Lipinski definition) is 6. The summed E-state index contributed by atoms with van der Waals surface area (Å²) in [7, 11) is 3.69. The minimum Gasteiger partial charge on any atom is -0.347 e. The predicted molar refractivity (Wildman–Crippen MR) is 79.7 cm³/mol. The molecule has 1 N–H and O–H groups in total. The topological polar surface area (TPSA) is 84.2 Å². The number of nitrogens with zero attached hydrogens (tertiary/aromatic N) is 4. The number of nitrogens with one attached hydrogen (secondary N) is 1. The van der Waals surface area contributed by atoms with Gasteiger partial charge in [0.25, 0.3) is 5.91 Å². The summed E-state index contributed by atoms with van der Waals surface area (Å²) in [6.45, 7) is 5.60. The third-order valence-electron chi connectivity index (χ3n) is 3.18. The molecule has 7 heteroatoms. The van der Waals surface area contributed by atoms with Crippen LogP contribution in [0.2, 0.25) is 0 Å². The highest BCUT2D eigenvalue weighted by Crippen LogP contribution is 2.21.